The van der Waals surface area contributed by atoms with E-state index >= 15 is 0 Å². The lowest BCUT2D eigenvalue weighted by atomic mass is 10.2. The maximum absolute atomic E-state index is 13.6. The second-order valence-electron chi connectivity index (χ2n) is 6.30. The molecule has 1 unspecified atom stereocenters. The van der Waals surface area contributed by atoms with Gasteiger partial charge in [0.15, 0.2) is 11.6 Å². The Morgan fingerprint density at radius 3 is 2.50 bits per heavy atom. The van der Waals surface area contributed by atoms with Crippen molar-refractivity contribution in [2.45, 2.75) is 38.8 Å². The Kier molecular flexibility index (Phi) is 4.53. The lowest BCUT2D eigenvalue weighted by molar-refractivity contribution is 0.0293. The van der Waals surface area contributed by atoms with E-state index in [1.165, 1.54) is 4.90 Å². The lowest BCUT2D eigenvalue weighted by Crippen LogP contribution is -2.36. The normalized spacial score (nSPS) is 18.5. The van der Waals surface area contributed by atoms with Crippen LogP contribution >= 0.6 is 0 Å². The molecule has 4 nitrogen and oxygen atoms in total. The largest absolute Gasteiger partial charge is 0.444 e. The first-order valence-electron chi connectivity index (χ1n) is 7.05. The number of rotatable bonds is 2. The van der Waals surface area contributed by atoms with Crippen LogP contribution in [0.2, 0.25) is 0 Å². The molecule has 122 valence electrons. The molecule has 1 aromatic rings. The third kappa shape index (κ3) is 4.05. The molecule has 22 heavy (non-hydrogen) atoms. The van der Waals surface area contributed by atoms with Gasteiger partial charge in [-0.3, -0.25) is 0 Å². The predicted octanol–water partition coefficient (Wildman–Crippen LogP) is 3.53. The fourth-order valence-electron chi connectivity index (χ4n) is 2.22. The molecule has 0 aromatic heterocycles. The van der Waals surface area contributed by atoms with Crippen molar-refractivity contribution in [3.05, 3.63) is 29.6 Å². The van der Waals surface area contributed by atoms with Crippen molar-refractivity contribution in [1.29, 1.82) is 0 Å². The van der Waals surface area contributed by atoms with Gasteiger partial charge in [0.2, 0.25) is 0 Å². The van der Waals surface area contributed by atoms with Crippen LogP contribution in [0.1, 0.15) is 27.2 Å². The number of nitrogens with zero attached hydrogens (tertiary/aromatic N) is 1. The molecular formula is C15H19F3N2O2. The third-order valence-electron chi connectivity index (χ3n) is 3.21. The average molecular weight is 316 g/mol. The van der Waals surface area contributed by atoms with E-state index in [1.807, 2.05) is 0 Å². The van der Waals surface area contributed by atoms with Crippen molar-refractivity contribution in [1.82, 2.24) is 4.90 Å². The van der Waals surface area contributed by atoms with Crippen LogP contribution in [0.15, 0.2) is 12.1 Å². The molecule has 0 saturated carbocycles. The molecule has 0 aliphatic carbocycles. The van der Waals surface area contributed by atoms with Crippen LogP contribution in [-0.4, -0.2) is 35.7 Å². The minimum absolute atomic E-state index is 0.116. The molecule has 1 aliphatic heterocycles. The lowest BCUT2D eigenvalue weighted by Gasteiger charge is -2.24. The van der Waals surface area contributed by atoms with Crippen molar-refractivity contribution < 1.29 is 22.7 Å². The number of ether oxygens (including phenoxy) is 1. The van der Waals surface area contributed by atoms with Crippen LogP contribution < -0.4 is 5.32 Å². The van der Waals surface area contributed by atoms with E-state index in [1.54, 1.807) is 20.8 Å². The maximum atomic E-state index is 13.6. The summed E-state index contributed by atoms with van der Waals surface area (Å²) in [7, 11) is 0. The number of carbonyl (C=O) groups is 1. The first kappa shape index (κ1) is 16.5. The Balaban J connectivity index is 1.97. The molecule has 1 fully saturated rings. The SMILES string of the molecule is CC(C)(C)OC(=O)N1CCC(Nc2cc(F)c(F)cc2F)C1. The van der Waals surface area contributed by atoms with E-state index in [0.717, 1.165) is 6.07 Å². The molecule has 7 heteroatoms. The summed E-state index contributed by atoms with van der Waals surface area (Å²) in [6.07, 6.45) is 0.125. The zero-order valence-electron chi connectivity index (χ0n) is 12.8. The molecule has 1 heterocycles. The Bertz CT molecular complexity index is 573. The summed E-state index contributed by atoms with van der Waals surface area (Å²) in [6, 6.07) is 1.03. The summed E-state index contributed by atoms with van der Waals surface area (Å²) in [5.74, 6) is -3.22. The van der Waals surface area contributed by atoms with E-state index in [4.69, 9.17) is 4.74 Å². The summed E-state index contributed by atoms with van der Waals surface area (Å²) >= 11 is 0. The molecule has 1 amide bonds. The monoisotopic (exact) mass is 316 g/mol. The molecular weight excluding hydrogens is 297 g/mol. The highest BCUT2D eigenvalue weighted by Crippen LogP contribution is 2.22. The predicted molar refractivity (Wildman–Crippen MR) is 76.2 cm³/mol. The van der Waals surface area contributed by atoms with Crippen molar-refractivity contribution >= 4 is 11.8 Å². The number of hydrogen-bond acceptors (Lipinski definition) is 3. The van der Waals surface area contributed by atoms with Crippen LogP contribution in [0.25, 0.3) is 0 Å². The van der Waals surface area contributed by atoms with Gasteiger partial charge in [-0.15, -0.1) is 0 Å². The third-order valence-corrected chi connectivity index (χ3v) is 3.21. The fourth-order valence-corrected chi connectivity index (χ4v) is 2.22. The fraction of sp³-hybridized carbons (Fsp3) is 0.533. The number of carbonyl (C=O) groups excluding carboxylic acids is 1. The number of hydrogen-bond donors (Lipinski definition) is 1. The van der Waals surface area contributed by atoms with Gasteiger partial charge in [0.1, 0.15) is 11.4 Å². The molecule has 1 N–H and O–H groups in total. The molecule has 0 spiro atoms. The number of benzene rings is 1. The second kappa shape index (κ2) is 6.06. The standard InChI is InChI=1S/C15H19F3N2O2/c1-15(2,3)22-14(21)20-5-4-9(8-20)19-13-7-11(17)10(16)6-12(13)18/h6-7,9,19H,4-5,8H2,1-3H3. The van der Waals surface area contributed by atoms with Gasteiger partial charge in [-0.1, -0.05) is 0 Å². The number of halogens is 3. The van der Waals surface area contributed by atoms with Gasteiger partial charge in [-0.25, -0.2) is 18.0 Å². The number of nitrogens with one attached hydrogen (secondary N) is 1. The first-order valence-corrected chi connectivity index (χ1v) is 7.05. The van der Waals surface area contributed by atoms with Gasteiger partial charge < -0.3 is 15.0 Å². The van der Waals surface area contributed by atoms with Gasteiger partial charge in [-0.2, -0.15) is 0 Å². The van der Waals surface area contributed by atoms with Crippen LogP contribution in [0, 0.1) is 17.5 Å². The van der Waals surface area contributed by atoms with Gasteiger partial charge in [0, 0.05) is 31.3 Å². The first-order chi connectivity index (χ1) is 10.2. The highest BCUT2D eigenvalue weighted by Gasteiger charge is 2.30. The summed E-state index contributed by atoms with van der Waals surface area (Å²) in [5, 5.41) is 2.79. The highest BCUT2D eigenvalue weighted by molar-refractivity contribution is 5.68. The second-order valence-corrected chi connectivity index (χ2v) is 6.30. The van der Waals surface area contributed by atoms with Gasteiger partial charge in [0.25, 0.3) is 0 Å². The number of amides is 1. The Morgan fingerprint density at radius 1 is 1.23 bits per heavy atom. The number of likely N-dealkylation sites (tertiary alicyclic amines) is 1. The van der Waals surface area contributed by atoms with E-state index in [-0.39, 0.29) is 11.7 Å². The van der Waals surface area contributed by atoms with Crippen molar-refractivity contribution in [2.75, 3.05) is 18.4 Å². The summed E-state index contributed by atoms with van der Waals surface area (Å²) in [5.41, 5.74) is -0.704. The van der Waals surface area contributed by atoms with Gasteiger partial charge in [-0.05, 0) is 27.2 Å². The summed E-state index contributed by atoms with van der Waals surface area (Å²) < 4.78 is 44.9. The van der Waals surface area contributed by atoms with Gasteiger partial charge >= 0.3 is 6.09 Å². The molecule has 1 aliphatic rings. The summed E-state index contributed by atoms with van der Waals surface area (Å²) in [6.45, 7) is 6.08. The quantitative estimate of drug-likeness (QED) is 0.849. The molecule has 2 rings (SSSR count). The van der Waals surface area contributed by atoms with Crippen LogP contribution in [0.3, 0.4) is 0 Å². The maximum Gasteiger partial charge on any atom is 0.410 e. The van der Waals surface area contributed by atoms with E-state index in [9.17, 15) is 18.0 Å². The molecule has 0 radical (unpaired) electrons. The van der Waals surface area contributed by atoms with Crippen molar-refractivity contribution in [3.63, 3.8) is 0 Å². The zero-order chi connectivity index (χ0) is 16.5. The molecule has 0 bridgehead atoms. The minimum Gasteiger partial charge on any atom is -0.444 e. The van der Waals surface area contributed by atoms with Crippen LogP contribution in [-0.2, 0) is 4.74 Å². The Morgan fingerprint density at radius 2 is 1.86 bits per heavy atom. The smallest absolute Gasteiger partial charge is 0.410 e. The minimum atomic E-state index is -1.23. The number of anilines is 1. The van der Waals surface area contributed by atoms with Crippen molar-refractivity contribution in [2.24, 2.45) is 0 Å². The van der Waals surface area contributed by atoms with E-state index in [2.05, 4.69) is 5.32 Å². The van der Waals surface area contributed by atoms with Crippen LogP contribution in [0.4, 0.5) is 23.7 Å². The van der Waals surface area contributed by atoms with E-state index < -0.39 is 29.1 Å². The molecule has 1 atom stereocenters. The average Bonchev–Trinajstić information content (AvgIpc) is 2.82. The van der Waals surface area contributed by atoms with Crippen LogP contribution in [0.5, 0.6) is 0 Å². The van der Waals surface area contributed by atoms with Crippen molar-refractivity contribution in [3.8, 4) is 0 Å². The summed E-state index contributed by atoms with van der Waals surface area (Å²) in [4.78, 5) is 13.4. The Hall–Kier alpha value is -1.92. The zero-order valence-corrected chi connectivity index (χ0v) is 12.8. The topological polar surface area (TPSA) is 41.6 Å². The Labute approximate surface area is 127 Å². The van der Waals surface area contributed by atoms with E-state index in [0.29, 0.717) is 25.6 Å². The van der Waals surface area contributed by atoms with Gasteiger partial charge in [0.05, 0.1) is 5.69 Å². The molecule has 1 aromatic carbocycles. The molecule has 1 saturated heterocycles. The highest BCUT2D eigenvalue weighted by atomic mass is 19.2.